The number of benzene rings is 11. The Morgan fingerprint density at radius 3 is 1.18 bits per heavy atom. The Morgan fingerprint density at radius 1 is 0.336 bits per heavy atom. The summed E-state index contributed by atoms with van der Waals surface area (Å²) in [7, 11) is 0. The van der Waals surface area contributed by atoms with E-state index < -0.39 is 0 Å². The number of carbonyl (C=O) groups excluding carboxylic acids is 2. The fraction of sp³-hybridized carbons (Fsp3) is 0.113. The second-order valence-corrected chi connectivity index (χ2v) is 30.3. The maximum Gasteiger partial charge on any atom is 0.155 e. The van der Waals surface area contributed by atoms with Crippen molar-refractivity contribution in [2.75, 3.05) is 0 Å². The van der Waals surface area contributed by atoms with Gasteiger partial charge in [0.15, 0.2) is 11.6 Å². The van der Waals surface area contributed by atoms with Crippen LogP contribution in [-0.4, -0.2) is 51.7 Å². The third-order valence-corrected chi connectivity index (χ3v) is 19.7. The Labute approximate surface area is 822 Å². The van der Waals surface area contributed by atoms with E-state index in [0.717, 1.165) is 130 Å². The number of pyridine rings is 6. The van der Waals surface area contributed by atoms with Crippen molar-refractivity contribution in [2.24, 2.45) is 5.92 Å². The van der Waals surface area contributed by atoms with Crippen molar-refractivity contribution < 1.29 is 109 Å². The molecule has 12 nitrogen and oxygen atoms in total. The zero-order valence-electron chi connectivity index (χ0n) is 74.3. The largest absolute Gasteiger partial charge is 0.512 e. The van der Waals surface area contributed by atoms with Gasteiger partial charge >= 0.3 is 0 Å². The van der Waals surface area contributed by atoms with E-state index in [-0.39, 0.29) is 104 Å². The van der Waals surface area contributed by atoms with Gasteiger partial charge in [-0.2, -0.15) is 0 Å². The van der Waals surface area contributed by atoms with E-state index in [9.17, 15) is 9.59 Å². The van der Waals surface area contributed by atoms with Crippen molar-refractivity contribution in [3.05, 3.63) is 447 Å². The number of aryl methyl sites for hydroxylation is 4. The van der Waals surface area contributed by atoms with E-state index >= 15 is 0 Å². The van der Waals surface area contributed by atoms with Crippen molar-refractivity contribution in [2.45, 2.75) is 82.1 Å². The normalized spacial score (nSPS) is 10.5. The minimum Gasteiger partial charge on any atom is -0.512 e. The molecule has 0 saturated heterocycles. The molecule has 131 heavy (non-hydrogen) atoms. The first kappa shape index (κ1) is 103. The molecule has 0 amide bonds. The van der Waals surface area contributed by atoms with Gasteiger partial charge in [-0.05, 0) is 176 Å². The maximum atomic E-state index is 10.0. The zero-order chi connectivity index (χ0) is 89.2. The van der Waals surface area contributed by atoms with Crippen LogP contribution in [0.5, 0.6) is 0 Å². The van der Waals surface area contributed by atoms with Crippen LogP contribution in [0.15, 0.2) is 391 Å². The predicted octanol–water partition coefficient (Wildman–Crippen LogP) is 28.8. The zero-order valence-corrected chi connectivity index (χ0v) is 83.8. The Hall–Kier alpha value is -13.1. The van der Waals surface area contributed by atoms with Gasteiger partial charge in [0.1, 0.15) is 11.2 Å². The minimum absolute atomic E-state index is 0. The Morgan fingerprint density at radius 2 is 0.733 bits per heavy atom. The molecule has 0 aliphatic rings. The molecule has 16 heteroatoms. The smallest absolute Gasteiger partial charge is 0.155 e. The van der Waals surface area contributed by atoms with Crippen LogP contribution in [0.25, 0.3) is 145 Å². The first-order chi connectivity index (χ1) is 61.8. The van der Waals surface area contributed by atoms with Crippen LogP contribution < -0.4 is 0 Å². The number of para-hydroxylation sites is 2. The fourth-order valence-electron chi connectivity index (χ4n) is 14.2. The van der Waals surface area contributed by atoms with Crippen molar-refractivity contribution in [3.8, 4) is 101 Å². The molecule has 0 unspecified atom stereocenters. The van der Waals surface area contributed by atoms with E-state index in [1.807, 2.05) is 213 Å². The molecule has 0 saturated carbocycles. The van der Waals surface area contributed by atoms with E-state index in [4.69, 9.17) is 19.0 Å². The summed E-state index contributed by atoms with van der Waals surface area (Å²) in [6.07, 6.45) is 15.4. The van der Waals surface area contributed by atoms with Gasteiger partial charge < -0.3 is 49.0 Å². The first-order valence-corrected chi connectivity index (χ1v) is 42.0. The summed E-state index contributed by atoms with van der Waals surface area (Å²) in [5.41, 5.74) is 28.7. The van der Waals surface area contributed by atoms with Gasteiger partial charge in [-0.1, -0.05) is 224 Å². The predicted molar refractivity (Wildman–Crippen MR) is 518 cm³/mol. The number of hydrogen-bond donors (Lipinski definition) is 2. The third kappa shape index (κ3) is 30.3. The molecule has 0 spiro atoms. The van der Waals surface area contributed by atoms with Crippen molar-refractivity contribution in [1.82, 2.24) is 29.9 Å². The van der Waals surface area contributed by atoms with E-state index in [1.165, 1.54) is 95.3 Å². The molecule has 19 rings (SSSR count). The molecule has 0 aliphatic carbocycles. The second kappa shape index (κ2) is 53.2. The second-order valence-electron chi connectivity index (χ2n) is 30.3. The molecule has 8 aromatic heterocycles. The topological polar surface area (TPSA) is 178 Å². The Kier molecular flexibility index (Phi) is 41.9. The summed E-state index contributed by atoms with van der Waals surface area (Å²) in [5, 5.41) is 21.3. The van der Waals surface area contributed by atoms with Crippen molar-refractivity contribution in [1.29, 1.82) is 0 Å². The Balaban J connectivity index is 0.000000190. The molecule has 19 aromatic rings. The number of aliphatic hydroxyl groups excluding tert-OH is 2. The molecule has 0 aliphatic heterocycles. The first-order valence-electron chi connectivity index (χ1n) is 42.0. The summed E-state index contributed by atoms with van der Waals surface area (Å²) in [4.78, 5) is 46.6. The number of rotatable bonds is 14. The number of ketones is 2. The number of furan rings is 2. The van der Waals surface area contributed by atoms with E-state index in [0.29, 0.717) is 5.92 Å². The van der Waals surface area contributed by atoms with Crippen LogP contribution in [0.1, 0.15) is 76.3 Å². The number of allylic oxidation sites excluding steroid dienone is 4. The number of hydrogen-bond acceptors (Lipinski definition) is 12. The number of carbonyl (C=O) groups is 2. The van der Waals surface area contributed by atoms with Crippen LogP contribution >= 0.6 is 0 Å². The summed E-state index contributed by atoms with van der Waals surface area (Å²) in [6, 6.07) is 127. The van der Waals surface area contributed by atoms with Crippen LogP contribution in [0.3, 0.4) is 0 Å². The van der Waals surface area contributed by atoms with Crippen LogP contribution in [-0.2, 0) is 103 Å². The molecule has 4 radical (unpaired) electrons. The molecule has 11 aromatic carbocycles. The molecule has 0 atom stereocenters. The van der Waals surface area contributed by atoms with Crippen LogP contribution in [0.2, 0.25) is 0 Å². The molecule has 0 bridgehead atoms. The molecule has 0 fully saturated rings. The number of aromatic nitrogens is 6. The molecular formula is C115H98Ir4N6O6-6. The minimum atomic E-state index is -0.125. The van der Waals surface area contributed by atoms with Gasteiger partial charge in [-0.25, -0.2) is 0 Å². The Bertz CT molecular complexity index is 6610. The number of fused-ring (bicyclic) bond motifs is 6. The van der Waals surface area contributed by atoms with Gasteiger partial charge in [-0.15, -0.1) is 180 Å². The number of aliphatic hydroxyl groups is 2. The molecule has 666 valence electrons. The average molecular weight is 2430 g/mol. The molecular weight excluding hydrogens is 2330 g/mol. The molecule has 2 N–H and O–H groups in total. The van der Waals surface area contributed by atoms with Crippen LogP contribution in [0, 0.1) is 63.1 Å². The quantitative estimate of drug-likeness (QED) is 0.0599. The SMILES string of the molecule is CC(=O)C=C(C)O.CC(=O)C=C(C)O.CC(C)Cc1cccc2c1oc1c(-c3ccccn3)[c-]ccc12.CCc1cc(-c2[c-]cccc2)ncc1-c1ccccc1.Cc1cc(C)cc(-c2ccnc(-c3[c-]cccc3)c2)c1.Cc1cccc2c1oc1c(-c3cc(-c4ccccc4)ccn3)[c-]ccc12.[Ir].[Ir].[Ir].[Ir].[c-]1ccccc1-c1ccccn1.[c-]1ccccc1-c1ccccn1. The third-order valence-electron chi connectivity index (χ3n) is 19.7. The van der Waals surface area contributed by atoms with Gasteiger partial charge in [0.25, 0.3) is 0 Å². The standard InChI is InChI=1S/C24H16NO.C21H18NO.2C19H16N.2C11H8N.2C5H8O2.4Ir/c1-16-7-5-10-19-20-11-6-12-21(24(20)26-23(16)19)22-15-18(13-14-25-22)17-8-3-2-4-9-17;1-14(2)13-15-7-5-8-16-17-9-6-10-18(21(17)23-20(15)16)19-11-3-4-12-22-19;1-14-10-15(2)12-18(11-14)17-8-9-20-19(13-17)16-6-4-3-5-7-16;1-2-15-13-19(17-11-7-4-8-12-17)20-14-18(15)16-9-5-3-6-10-16;2*1-2-6-10(7-3-1)11-8-4-5-9-12-11;2*1-4(6)3-5(2)7;;;;/h2-11,13-15H,1H3;3-9,11-12,14H,13H2,1-2H3;3-6,8-13H,1-2H3;3-11,13-14H,2H2,1H3;2*1-6,8-9H;2*3,6H,1-2H3;;;;/q6*-1;;;;;;. The van der Waals surface area contributed by atoms with Gasteiger partial charge in [0, 0.05) is 146 Å². The van der Waals surface area contributed by atoms with Gasteiger partial charge in [0.05, 0.1) is 22.7 Å². The summed E-state index contributed by atoms with van der Waals surface area (Å²) >= 11 is 0. The summed E-state index contributed by atoms with van der Waals surface area (Å²) < 4.78 is 12.5. The van der Waals surface area contributed by atoms with Gasteiger partial charge in [0.2, 0.25) is 0 Å². The van der Waals surface area contributed by atoms with E-state index in [2.05, 4.69) is 235 Å². The average Bonchev–Trinajstić information content (AvgIpc) is 1.61. The summed E-state index contributed by atoms with van der Waals surface area (Å²) in [5.74, 6) is 0.468. The maximum absolute atomic E-state index is 10.0. The van der Waals surface area contributed by atoms with E-state index in [1.54, 1.807) is 18.6 Å². The fourth-order valence-corrected chi connectivity index (χ4v) is 14.2. The van der Waals surface area contributed by atoms with Crippen LogP contribution in [0.4, 0.5) is 0 Å². The molecule has 8 heterocycles. The monoisotopic (exact) mass is 2430 g/mol. The number of nitrogens with zero attached hydrogens (tertiary/aromatic N) is 6. The van der Waals surface area contributed by atoms with Crippen molar-refractivity contribution >= 4 is 55.4 Å². The van der Waals surface area contributed by atoms with Crippen molar-refractivity contribution in [3.63, 3.8) is 0 Å². The summed E-state index contributed by atoms with van der Waals surface area (Å²) in [6.45, 7) is 18.7. The van der Waals surface area contributed by atoms with Gasteiger partial charge in [-0.3, -0.25) is 9.59 Å².